The second kappa shape index (κ2) is 9.56. The summed E-state index contributed by atoms with van der Waals surface area (Å²) in [7, 11) is 3.03. The summed E-state index contributed by atoms with van der Waals surface area (Å²) in [6, 6.07) is 6.55. The number of halogens is 1. The Labute approximate surface area is 175 Å². The van der Waals surface area contributed by atoms with Crippen LogP contribution in [0.5, 0.6) is 11.5 Å². The van der Waals surface area contributed by atoms with Crippen molar-refractivity contribution in [2.75, 3.05) is 19.5 Å². The molecule has 0 spiro atoms. The summed E-state index contributed by atoms with van der Waals surface area (Å²) in [4.78, 5) is 28.1. The first-order chi connectivity index (χ1) is 14.4. The van der Waals surface area contributed by atoms with Crippen molar-refractivity contribution in [3.63, 3.8) is 0 Å². The average Bonchev–Trinajstić information content (AvgIpc) is 2.74. The van der Waals surface area contributed by atoms with E-state index in [0.29, 0.717) is 23.5 Å². The summed E-state index contributed by atoms with van der Waals surface area (Å²) < 4.78 is 25.1. The third-order valence-corrected chi connectivity index (χ3v) is 5.26. The van der Waals surface area contributed by atoms with Gasteiger partial charge in [0.1, 0.15) is 23.1 Å². The predicted molar refractivity (Wildman–Crippen MR) is 111 cm³/mol. The number of aromatic nitrogens is 1. The van der Waals surface area contributed by atoms with E-state index in [9.17, 15) is 14.0 Å². The molecule has 0 bridgehead atoms. The number of ether oxygens (including phenoxy) is 2. The van der Waals surface area contributed by atoms with Gasteiger partial charge in [-0.15, -0.1) is 0 Å². The highest BCUT2D eigenvalue weighted by molar-refractivity contribution is 5.92. The highest BCUT2D eigenvalue weighted by Crippen LogP contribution is 2.35. The van der Waals surface area contributed by atoms with E-state index in [0.717, 1.165) is 25.5 Å². The molecule has 1 aromatic heterocycles. The van der Waals surface area contributed by atoms with Crippen LogP contribution in [0, 0.1) is 11.7 Å². The van der Waals surface area contributed by atoms with E-state index in [2.05, 4.69) is 15.6 Å². The topological polar surface area (TPSA) is 89.6 Å². The Balaban J connectivity index is 1.79. The van der Waals surface area contributed by atoms with Gasteiger partial charge in [-0.2, -0.15) is 0 Å². The average molecular weight is 415 g/mol. The van der Waals surface area contributed by atoms with Gasteiger partial charge in [-0.3, -0.25) is 9.59 Å². The number of carbonyl (C=O) groups excluding carboxylic acids is 2. The maximum atomic E-state index is 14.5. The van der Waals surface area contributed by atoms with Crippen LogP contribution in [-0.2, 0) is 9.59 Å². The van der Waals surface area contributed by atoms with Gasteiger partial charge in [0.2, 0.25) is 11.8 Å². The molecule has 3 rings (SSSR count). The Kier molecular flexibility index (Phi) is 6.87. The maximum absolute atomic E-state index is 14.5. The molecule has 2 aromatic rings. The molecule has 1 aromatic carbocycles. The fourth-order valence-corrected chi connectivity index (χ4v) is 3.81. The molecule has 2 atom stereocenters. The third kappa shape index (κ3) is 5.06. The molecule has 1 aliphatic rings. The number of anilines is 1. The van der Waals surface area contributed by atoms with Gasteiger partial charge in [-0.1, -0.05) is 6.42 Å². The van der Waals surface area contributed by atoms with Crippen molar-refractivity contribution in [3.8, 4) is 22.6 Å². The standard InChI is InChI=1S/C22H26FN3O4/c1-13(27)25-15-6-4-5-14(9-15)22(28)26-21-11-18(19(23)12-24-21)17-8-7-16(29-2)10-20(17)30-3/h7-8,10-12,14-15H,4-6,9H2,1-3H3,(H,25,27)(H,24,26,28). The minimum Gasteiger partial charge on any atom is -0.497 e. The van der Waals surface area contributed by atoms with Crippen molar-refractivity contribution in [3.05, 3.63) is 36.3 Å². The lowest BCUT2D eigenvalue weighted by atomic mass is 9.85. The van der Waals surface area contributed by atoms with Crippen molar-refractivity contribution in [2.24, 2.45) is 5.92 Å². The third-order valence-electron chi connectivity index (χ3n) is 5.26. The molecule has 7 nitrogen and oxygen atoms in total. The first kappa shape index (κ1) is 21.5. The molecule has 2 amide bonds. The molecule has 1 aliphatic carbocycles. The largest absolute Gasteiger partial charge is 0.497 e. The number of rotatable bonds is 6. The van der Waals surface area contributed by atoms with Crippen LogP contribution in [-0.4, -0.2) is 37.1 Å². The number of pyridine rings is 1. The molecule has 0 radical (unpaired) electrons. The minimum atomic E-state index is -0.528. The van der Waals surface area contributed by atoms with Crippen molar-refractivity contribution >= 4 is 17.6 Å². The Morgan fingerprint density at radius 1 is 1.13 bits per heavy atom. The highest BCUT2D eigenvalue weighted by Gasteiger charge is 2.28. The number of benzene rings is 1. The van der Waals surface area contributed by atoms with E-state index in [1.165, 1.54) is 27.2 Å². The molecule has 2 unspecified atom stereocenters. The summed E-state index contributed by atoms with van der Waals surface area (Å²) >= 11 is 0. The SMILES string of the molecule is COc1ccc(-c2cc(NC(=O)C3CCCC(NC(C)=O)C3)ncc2F)c(OC)c1. The van der Waals surface area contributed by atoms with E-state index >= 15 is 0 Å². The lowest BCUT2D eigenvalue weighted by Crippen LogP contribution is -2.40. The van der Waals surface area contributed by atoms with Crippen LogP contribution in [0.2, 0.25) is 0 Å². The van der Waals surface area contributed by atoms with Crippen molar-refractivity contribution in [1.29, 1.82) is 0 Å². The second-order valence-electron chi connectivity index (χ2n) is 7.37. The summed E-state index contributed by atoms with van der Waals surface area (Å²) in [5.41, 5.74) is 0.789. The molecule has 2 N–H and O–H groups in total. The molecular weight excluding hydrogens is 389 g/mol. The van der Waals surface area contributed by atoms with Gasteiger partial charge in [0, 0.05) is 36.1 Å². The number of methoxy groups -OCH3 is 2. The van der Waals surface area contributed by atoms with Crippen LogP contribution < -0.4 is 20.1 Å². The Morgan fingerprint density at radius 2 is 1.93 bits per heavy atom. The fourth-order valence-electron chi connectivity index (χ4n) is 3.81. The molecule has 30 heavy (non-hydrogen) atoms. The quantitative estimate of drug-likeness (QED) is 0.753. The van der Waals surface area contributed by atoms with Gasteiger partial charge >= 0.3 is 0 Å². The summed E-state index contributed by atoms with van der Waals surface area (Å²) in [5.74, 6) is 0.250. The highest BCUT2D eigenvalue weighted by atomic mass is 19.1. The molecule has 160 valence electrons. The molecule has 0 saturated heterocycles. The number of nitrogens with one attached hydrogen (secondary N) is 2. The van der Waals surface area contributed by atoms with Gasteiger partial charge in [0.15, 0.2) is 0 Å². The molecular formula is C22H26FN3O4. The molecule has 1 fully saturated rings. The number of hydrogen-bond donors (Lipinski definition) is 2. The van der Waals surface area contributed by atoms with E-state index < -0.39 is 5.82 Å². The zero-order valence-electron chi connectivity index (χ0n) is 17.3. The number of nitrogens with zero attached hydrogens (tertiary/aromatic N) is 1. The monoisotopic (exact) mass is 415 g/mol. The number of carbonyl (C=O) groups is 2. The molecule has 0 aliphatic heterocycles. The van der Waals surface area contributed by atoms with Gasteiger partial charge in [-0.25, -0.2) is 9.37 Å². The Hall–Kier alpha value is -3.16. The van der Waals surface area contributed by atoms with Crippen molar-refractivity contribution < 1.29 is 23.5 Å². The first-order valence-electron chi connectivity index (χ1n) is 9.87. The number of hydrogen-bond acceptors (Lipinski definition) is 5. The summed E-state index contributed by atoms with van der Waals surface area (Å²) in [6.07, 6.45) is 4.11. The van der Waals surface area contributed by atoms with Crippen molar-refractivity contribution in [2.45, 2.75) is 38.6 Å². The van der Waals surface area contributed by atoms with E-state index in [-0.39, 0.29) is 35.2 Å². The van der Waals surface area contributed by atoms with Crippen LogP contribution >= 0.6 is 0 Å². The first-order valence-corrected chi connectivity index (χ1v) is 9.87. The molecule has 1 heterocycles. The fraction of sp³-hybridized carbons (Fsp3) is 0.409. The normalized spacial score (nSPS) is 18.4. The van der Waals surface area contributed by atoms with Crippen LogP contribution in [0.4, 0.5) is 10.2 Å². The maximum Gasteiger partial charge on any atom is 0.228 e. The molecule has 1 saturated carbocycles. The van der Waals surface area contributed by atoms with Crippen molar-refractivity contribution in [1.82, 2.24) is 10.3 Å². The summed E-state index contributed by atoms with van der Waals surface area (Å²) in [6.45, 7) is 1.47. The van der Waals surface area contributed by atoms with Gasteiger partial charge < -0.3 is 20.1 Å². The van der Waals surface area contributed by atoms with Gasteiger partial charge in [0.05, 0.1) is 20.4 Å². The van der Waals surface area contributed by atoms with E-state index in [1.807, 2.05) is 0 Å². The van der Waals surface area contributed by atoms with Crippen LogP contribution in [0.3, 0.4) is 0 Å². The Morgan fingerprint density at radius 3 is 2.63 bits per heavy atom. The number of amides is 2. The lowest BCUT2D eigenvalue weighted by molar-refractivity contribution is -0.123. The Bertz CT molecular complexity index is 935. The van der Waals surface area contributed by atoms with Gasteiger partial charge in [-0.05, 0) is 37.5 Å². The predicted octanol–water partition coefficient (Wildman–Crippen LogP) is 3.54. The summed E-state index contributed by atoms with van der Waals surface area (Å²) in [5, 5.41) is 5.67. The van der Waals surface area contributed by atoms with E-state index in [1.54, 1.807) is 18.2 Å². The second-order valence-corrected chi connectivity index (χ2v) is 7.37. The van der Waals surface area contributed by atoms with Crippen LogP contribution in [0.25, 0.3) is 11.1 Å². The zero-order chi connectivity index (χ0) is 21.7. The lowest BCUT2D eigenvalue weighted by Gasteiger charge is -2.28. The van der Waals surface area contributed by atoms with Crippen LogP contribution in [0.1, 0.15) is 32.6 Å². The smallest absolute Gasteiger partial charge is 0.228 e. The van der Waals surface area contributed by atoms with Crippen LogP contribution in [0.15, 0.2) is 30.5 Å². The van der Waals surface area contributed by atoms with E-state index in [4.69, 9.17) is 9.47 Å². The van der Waals surface area contributed by atoms with Gasteiger partial charge in [0.25, 0.3) is 0 Å². The molecule has 8 heteroatoms. The zero-order valence-corrected chi connectivity index (χ0v) is 17.3. The minimum absolute atomic E-state index is 0.00713.